The summed E-state index contributed by atoms with van der Waals surface area (Å²) in [5.74, 6) is 0.325. The van der Waals surface area contributed by atoms with E-state index in [-0.39, 0.29) is 17.2 Å². The first-order chi connectivity index (χ1) is 13.1. The van der Waals surface area contributed by atoms with Crippen molar-refractivity contribution >= 4 is 40.3 Å². The molecular formula is C18H18ClN5O2S. The molecule has 1 N–H and O–H groups in total. The van der Waals surface area contributed by atoms with Crippen LogP contribution in [-0.2, 0) is 4.79 Å². The largest absolute Gasteiger partial charge is 0.342 e. The fourth-order valence-electron chi connectivity index (χ4n) is 3.13. The van der Waals surface area contributed by atoms with E-state index in [1.54, 1.807) is 16.8 Å². The molecule has 1 aliphatic heterocycles. The fraction of sp³-hybridized carbons (Fsp3) is 0.333. The van der Waals surface area contributed by atoms with Gasteiger partial charge in [0.05, 0.1) is 17.6 Å². The lowest BCUT2D eigenvalue weighted by Gasteiger charge is -2.26. The highest BCUT2D eigenvalue weighted by Gasteiger charge is 2.18. The number of fused-ring (bicyclic) bond motifs is 1. The molecule has 1 aliphatic rings. The molecule has 3 heterocycles. The Labute approximate surface area is 164 Å². The number of piperidine rings is 1. The highest BCUT2D eigenvalue weighted by molar-refractivity contribution is 7.99. The van der Waals surface area contributed by atoms with E-state index in [4.69, 9.17) is 11.6 Å². The number of nitrogens with one attached hydrogen (secondary N) is 1. The van der Waals surface area contributed by atoms with Crippen LogP contribution < -0.4 is 5.56 Å². The number of thioether (sulfide) groups is 1. The number of aromatic nitrogens is 4. The quantitative estimate of drug-likeness (QED) is 0.535. The van der Waals surface area contributed by atoms with E-state index in [2.05, 4.69) is 15.1 Å². The molecule has 0 spiro atoms. The number of carbonyl (C=O) groups excluding carboxylic acids is 1. The number of halogens is 1. The molecule has 0 aliphatic carbocycles. The molecule has 0 atom stereocenters. The lowest BCUT2D eigenvalue weighted by atomic mass is 10.1. The van der Waals surface area contributed by atoms with Crippen LogP contribution >= 0.6 is 23.4 Å². The monoisotopic (exact) mass is 403 g/mol. The van der Waals surface area contributed by atoms with Crippen LogP contribution in [0.3, 0.4) is 0 Å². The molecule has 1 saturated heterocycles. The lowest BCUT2D eigenvalue weighted by Crippen LogP contribution is -2.36. The van der Waals surface area contributed by atoms with E-state index >= 15 is 0 Å². The van der Waals surface area contributed by atoms with Gasteiger partial charge in [0.1, 0.15) is 5.39 Å². The number of benzene rings is 1. The predicted molar refractivity (Wildman–Crippen MR) is 106 cm³/mol. The Morgan fingerprint density at radius 2 is 2.07 bits per heavy atom. The first-order valence-corrected chi connectivity index (χ1v) is 10.1. The molecule has 1 fully saturated rings. The maximum absolute atomic E-state index is 12.4. The van der Waals surface area contributed by atoms with Gasteiger partial charge in [-0.05, 0) is 37.5 Å². The van der Waals surface area contributed by atoms with Crippen molar-refractivity contribution in [2.45, 2.75) is 24.4 Å². The summed E-state index contributed by atoms with van der Waals surface area (Å²) >= 11 is 7.29. The van der Waals surface area contributed by atoms with Crippen LogP contribution in [0.4, 0.5) is 0 Å². The predicted octanol–water partition coefficient (Wildman–Crippen LogP) is 2.87. The van der Waals surface area contributed by atoms with Gasteiger partial charge in [-0.1, -0.05) is 29.4 Å². The molecule has 2 aromatic heterocycles. The fourth-order valence-corrected chi connectivity index (χ4v) is 4.07. The van der Waals surface area contributed by atoms with E-state index in [9.17, 15) is 9.59 Å². The summed E-state index contributed by atoms with van der Waals surface area (Å²) in [7, 11) is 0. The second kappa shape index (κ2) is 7.74. The van der Waals surface area contributed by atoms with Crippen molar-refractivity contribution in [1.82, 2.24) is 24.6 Å². The third kappa shape index (κ3) is 3.86. The Morgan fingerprint density at radius 1 is 1.26 bits per heavy atom. The summed E-state index contributed by atoms with van der Waals surface area (Å²) in [4.78, 5) is 33.8. The first-order valence-electron chi connectivity index (χ1n) is 8.76. The number of rotatable bonds is 4. The summed E-state index contributed by atoms with van der Waals surface area (Å²) in [5, 5.41) is 5.64. The van der Waals surface area contributed by atoms with Crippen LogP contribution in [-0.4, -0.2) is 49.4 Å². The summed E-state index contributed by atoms with van der Waals surface area (Å²) in [6.07, 6.45) is 4.76. The number of carbonyl (C=O) groups is 1. The van der Waals surface area contributed by atoms with Gasteiger partial charge in [-0.2, -0.15) is 5.10 Å². The van der Waals surface area contributed by atoms with Crippen LogP contribution in [0.1, 0.15) is 19.3 Å². The van der Waals surface area contributed by atoms with E-state index in [1.807, 2.05) is 17.0 Å². The Hall–Kier alpha value is -2.32. The summed E-state index contributed by atoms with van der Waals surface area (Å²) < 4.78 is 1.58. The molecule has 9 heteroatoms. The number of hydrogen-bond donors (Lipinski definition) is 1. The van der Waals surface area contributed by atoms with E-state index in [1.165, 1.54) is 24.4 Å². The topological polar surface area (TPSA) is 83.9 Å². The summed E-state index contributed by atoms with van der Waals surface area (Å²) in [5.41, 5.74) is 0.881. The van der Waals surface area contributed by atoms with Crippen LogP contribution in [0.5, 0.6) is 0 Å². The minimum Gasteiger partial charge on any atom is -0.342 e. The van der Waals surface area contributed by atoms with E-state index < -0.39 is 0 Å². The van der Waals surface area contributed by atoms with Crippen LogP contribution in [0, 0.1) is 0 Å². The number of likely N-dealkylation sites (tertiary alicyclic amines) is 1. The number of nitrogens with zero attached hydrogens (tertiary/aromatic N) is 4. The van der Waals surface area contributed by atoms with E-state index in [0.29, 0.717) is 21.2 Å². The van der Waals surface area contributed by atoms with Crippen LogP contribution in [0.25, 0.3) is 16.7 Å². The van der Waals surface area contributed by atoms with Gasteiger partial charge >= 0.3 is 0 Å². The van der Waals surface area contributed by atoms with E-state index in [0.717, 1.165) is 31.6 Å². The number of H-pyrrole nitrogens is 1. The number of aromatic amines is 1. The maximum atomic E-state index is 12.4. The molecular weight excluding hydrogens is 386 g/mol. The van der Waals surface area contributed by atoms with Gasteiger partial charge < -0.3 is 9.88 Å². The normalized spacial score (nSPS) is 14.6. The van der Waals surface area contributed by atoms with Crippen molar-refractivity contribution in [2.75, 3.05) is 18.8 Å². The van der Waals surface area contributed by atoms with Crippen molar-refractivity contribution in [3.63, 3.8) is 0 Å². The molecule has 27 heavy (non-hydrogen) atoms. The zero-order chi connectivity index (χ0) is 18.8. The highest BCUT2D eigenvalue weighted by atomic mass is 35.5. The second-order valence-corrected chi connectivity index (χ2v) is 7.78. The number of hydrogen-bond acceptors (Lipinski definition) is 5. The Balaban J connectivity index is 1.59. The standard InChI is InChI=1S/C18H18ClN5O2S/c19-12-5-4-6-13(9-12)24-16-14(10-20-24)17(26)22-18(21-16)27-11-15(25)23-7-2-1-3-8-23/h4-6,9-10H,1-3,7-8,11H2,(H,21,22,26). The van der Waals surface area contributed by atoms with Crippen molar-refractivity contribution < 1.29 is 4.79 Å². The summed E-state index contributed by atoms with van der Waals surface area (Å²) in [6, 6.07) is 7.17. The molecule has 140 valence electrons. The molecule has 1 aromatic carbocycles. The molecule has 0 unspecified atom stereocenters. The van der Waals surface area contributed by atoms with Gasteiger partial charge in [0.2, 0.25) is 5.91 Å². The maximum Gasteiger partial charge on any atom is 0.262 e. The lowest BCUT2D eigenvalue weighted by molar-refractivity contribution is -0.129. The third-order valence-electron chi connectivity index (χ3n) is 4.51. The Morgan fingerprint density at radius 3 is 2.85 bits per heavy atom. The van der Waals surface area contributed by atoms with Gasteiger partial charge in [0, 0.05) is 18.1 Å². The average molecular weight is 404 g/mol. The zero-order valence-corrected chi connectivity index (χ0v) is 16.1. The van der Waals surface area contributed by atoms with Crippen molar-refractivity contribution in [3.05, 3.63) is 45.8 Å². The first kappa shape index (κ1) is 18.1. The third-order valence-corrected chi connectivity index (χ3v) is 5.60. The smallest absolute Gasteiger partial charge is 0.262 e. The molecule has 0 saturated carbocycles. The van der Waals surface area contributed by atoms with Crippen LogP contribution in [0.15, 0.2) is 40.4 Å². The highest BCUT2D eigenvalue weighted by Crippen LogP contribution is 2.20. The van der Waals surface area contributed by atoms with Gasteiger partial charge in [0.25, 0.3) is 5.56 Å². The second-order valence-electron chi connectivity index (χ2n) is 6.37. The molecule has 4 rings (SSSR count). The molecule has 1 amide bonds. The SMILES string of the molecule is O=C(CSc1nc2c(cnn2-c2cccc(Cl)c2)c(=O)[nH]1)N1CCCCC1. The van der Waals surface area contributed by atoms with Crippen molar-refractivity contribution in [3.8, 4) is 5.69 Å². The zero-order valence-electron chi connectivity index (χ0n) is 14.5. The Kier molecular flexibility index (Phi) is 5.18. The minimum atomic E-state index is -0.277. The average Bonchev–Trinajstić information content (AvgIpc) is 3.11. The van der Waals surface area contributed by atoms with Crippen molar-refractivity contribution in [1.29, 1.82) is 0 Å². The van der Waals surface area contributed by atoms with Gasteiger partial charge in [-0.25, -0.2) is 9.67 Å². The molecule has 0 bridgehead atoms. The van der Waals surface area contributed by atoms with Gasteiger partial charge in [-0.3, -0.25) is 9.59 Å². The Bertz CT molecular complexity index is 1040. The number of amides is 1. The van der Waals surface area contributed by atoms with Crippen molar-refractivity contribution in [2.24, 2.45) is 0 Å². The summed E-state index contributed by atoms with van der Waals surface area (Å²) in [6.45, 7) is 1.62. The molecule has 7 nitrogen and oxygen atoms in total. The minimum absolute atomic E-state index is 0.0748. The van der Waals surface area contributed by atoms with Gasteiger partial charge in [0.15, 0.2) is 10.8 Å². The van der Waals surface area contributed by atoms with Crippen LogP contribution in [0.2, 0.25) is 5.02 Å². The van der Waals surface area contributed by atoms with Gasteiger partial charge in [-0.15, -0.1) is 0 Å². The molecule has 0 radical (unpaired) electrons. The molecule has 3 aromatic rings.